The molecule has 0 atom stereocenters. The van der Waals surface area contributed by atoms with Crippen LogP contribution in [0.1, 0.15) is 29.9 Å². The normalized spacial score (nSPS) is 14.3. The Bertz CT molecular complexity index is 1110. The van der Waals surface area contributed by atoms with Crippen LogP contribution in [0.3, 0.4) is 0 Å². The third-order valence-electron chi connectivity index (χ3n) is 4.50. The van der Waals surface area contributed by atoms with Crippen LogP contribution < -0.4 is 4.74 Å². The van der Waals surface area contributed by atoms with Crippen LogP contribution in [-0.4, -0.2) is 21.3 Å². The van der Waals surface area contributed by atoms with E-state index in [-0.39, 0.29) is 5.69 Å². The molecule has 2 aromatic carbocycles. The number of H-pyrrole nitrogens is 1. The minimum Gasteiger partial charge on any atom is -0.482 e. The van der Waals surface area contributed by atoms with E-state index in [4.69, 9.17) is 27.9 Å². The molecular weight excluding hydrogens is 455 g/mol. The molecule has 1 aliphatic rings. The summed E-state index contributed by atoms with van der Waals surface area (Å²) in [6, 6.07) is 8.95. The van der Waals surface area contributed by atoms with Crippen LogP contribution >= 0.6 is 39.1 Å². The second-order valence-electron chi connectivity index (χ2n) is 6.66. The van der Waals surface area contributed by atoms with Crippen molar-refractivity contribution in [3.63, 3.8) is 0 Å². The van der Waals surface area contributed by atoms with Crippen molar-refractivity contribution < 1.29 is 14.6 Å². The highest BCUT2D eigenvalue weighted by Crippen LogP contribution is 2.52. The number of hydrogen-bond acceptors (Lipinski definition) is 3. The monoisotopic (exact) mass is 466 g/mol. The predicted octanol–water partition coefficient (Wildman–Crippen LogP) is 6.14. The quantitative estimate of drug-likeness (QED) is 0.474. The molecule has 0 saturated carbocycles. The number of nitrogens with zero attached hydrogens (tertiary/aromatic N) is 1. The van der Waals surface area contributed by atoms with Gasteiger partial charge < -0.3 is 9.84 Å². The smallest absolute Gasteiger partial charge is 0.354 e. The molecule has 0 unspecified atom stereocenters. The summed E-state index contributed by atoms with van der Waals surface area (Å²) in [6.45, 7) is 3.62. The Balaban J connectivity index is 2.04. The fourth-order valence-electron chi connectivity index (χ4n) is 3.38. The third-order valence-corrected chi connectivity index (χ3v) is 5.71. The summed E-state index contributed by atoms with van der Waals surface area (Å²) in [5.41, 5.74) is 2.38. The van der Waals surface area contributed by atoms with Gasteiger partial charge in [-0.25, -0.2) is 4.79 Å². The molecule has 2 N–H and O–H groups in total. The van der Waals surface area contributed by atoms with Gasteiger partial charge in [-0.05, 0) is 38.1 Å². The van der Waals surface area contributed by atoms with Gasteiger partial charge in [0.05, 0.1) is 10.6 Å². The SMILES string of the molecule is CC1(C)Oc2c(ccc(Br)c2-c2ccc(Cl)cc2Cl)-c2n[nH]c(C(=O)O)c21. The van der Waals surface area contributed by atoms with Crippen LogP contribution in [0.4, 0.5) is 0 Å². The minimum absolute atomic E-state index is 0.0228. The molecule has 1 aliphatic heterocycles. The number of halogens is 3. The number of carboxylic acid groups (broad SMARTS) is 1. The fourth-order valence-corrected chi connectivity index (χ4v) is 4.41. The second kappa shape index (κ2) is 6.26. The van der Waals surface area contributed by atoms with E-state index in [1.54, 1.807) is 12.1 Å². The molecule has 0 aliphatic carbocycles. The zero-order valence-corrected chi connectivity index (χ0v) is 17.3. The van der Waals surface area contributed by atoms with E-state index in [0.29, 0.717) is 32.6 Å². The Kier molecular flexibility index (Phi) is 4.25. The molecule has 1 aromatic heterocycles. The van der Waals surface area contributed by atoms with E-state index < -0.39 is 11.6 Å². The molecule has 0 bridgehead atoms. The predicted molar refractivity (Wildman–Crippen MR) is 108 cm³/mol. The number of benzene rings is 2. The fraction of sp³-hybridized carbons (Fsp3) is 0.158. The molecule has 0 saturated heterocycles. The summed E-state index contributed by atoms with van der Waals surface area (Å²) in [5.74, 6) is -0.503. The Morgan fingerprint density at radius 3 is 2.59 bits per heavy atom. The topological polar surface area (TPSA) is 75.2 Å². The van der Waals surface area contributed by atoms with Crippen LogP contribution in [0.25, 0.3) is 22.4 Å². The maximum atomic E-state index is 11.6. The van der Waals surface area contributed by atoms with Gasteiger partial charge in [-0.15, -0.1) is 0 Å². The Morgan fingerprint density at radius 2 is 1.93 bits per heavy atom. The van der Waals surface area contributed by atoms with Gasteiger partial charge in [0, 0.05) is 26.2 Å². The van der Waals surface area contributed by atoms with Crippen molar-refractivity contribution in [2.45, 2.75) is 19.4 Å². The zero-order chi connectivity index (χ0) is 19.5. The number of nitrogens with one attached hydrogen (secondary N) is 1. The maximum absolute atomic E-state index is 11.6. The molecule has 0 fully saturated rings. The average Bonchev–Trinajstić information content (AvgIpc) is 3.02. The summed E-state index contributed by atoms with van der Waals surface area (Å²) >= 11 is 16.0. The van der Waals surface area contributed by atoms with Gasteiger partial charge in [-0.3, -0.25) is 5.10 Å². The summed E-state index contributed by atoms with van der Waals surface area (Å²) in [7, 11) is 0. The van der Waals surface area contributed by atoms with Crippen LogP contribution in [0.5, 0.6) is 5.75 Å². The number of ether oxygens (including phenoxy) is 1. The minimum atomic E-state index is -1.08. The first-order valence-electron chi connectivity index (χ1n) is 8.00. The van der Waals surface area contributed by atoms with Gasteiger partial charge in [0.2, 0.25) is 0 Å². The number of rotatable bonds is 2. The number of aromatic amines is 1. The van der Waals surface area contributed by atoms with Crippen LogP contribution in [0.15, 0.2) is 34.8 Å². The van der Waals surface area contributed by atoms with Crippen molar-refractivity contribution in [2.24, 2.45) is 0 Å². The van der Waals surface area contributed by atoms with Gasteiger partial charge in [0.1, 0.15) is 17.0 Å². The van der Waals surface area contributed by atoms with Crippen molar-refractivity contribution in [1.82, 2.24) is 10.2 Å². The van der Waals surface area contributed by atoms with E-state index in [9.17, 15) is 9.90 Å². The van der Waals surface area contributed by atoms with Gasteiger partial charge >= 0.3 is 5.97 Å². The van der Waals surface area contributed by atoms with Crippen LogP contribution in [0.2, 0.25) is 10.0 Å². The van der Waals surface area contributed by atoms with E-state index in [1.807, 2.05) is 32.0 Å². The Morgan fingerprint density at radius 1 is 1.22 bits per heavy atom. The molecule has 4 rings (SSSR count). The first-order valence-corrected chi connectivity index (χ1v) is 9.55. The lowest BCUT2D eigenvalue weighted by molar-refractivity contribution is 0.0665. The van der Waals surface area contributed by atoms with E-state index in [1.165, 1.54) is 0 Å². The maximum Gasteiger partial charge on any atom is 0.354 e. The summed E-state index contributed by atoms with van der Waals surface area (Å²) in [6.07, 6.45) is 0. The highest BCUT2D eigenvalue weighted by atomic mass is 79.9. The standard InChI is InChI=1S/C19H13BrCl2N2O3/c1-19(2)14-15(23-24-16(14)18(25)26)10-5-6-11(20)13(17(10)27-19)9-4-3-8(21)7-12(9)22/h3-7H,1-2H3,(H,23,24)(H,25,26). The number of fused-ring (bicyclic) bond motifs is 3. The molecule has 0 amide bonds. The average molecular weight is 468 g/mol. The summed E-state index contributed by atoms with van der Waals surface area (Å²) < 4.78 is 7.09. The van der Waals surface area contributed by atoms with Crippen molar-refractivity contribution in [3.8, 4) is 28.1 Å². The van der Waals surface area contributed by atoms with Crippen molar-refractivity contribution in [3.05, 3.63) is 56.1 Å². The van der Waals surface area contributed by atoms with Crippen molar-refractivity contribution >= 4 is 45.1 Å². The number of aromatic nitrogens is 2. The van der Waals surface area contributed by atoms with E-state index in [0.717, 1.165) is 15.6 Å². The molecule has 138 valence electrons. The molecule has 5 nitrogen and oxygen atoms in total. The van der Waals surface area contributed by atoms with Crippen LogP contribution in [-0.2, 0) is 5.60 Å². The van der Waals surface area contributed by atoms with Gasteiger partial charge in [-0.2, -0.15) is 5.10 Å². The largest absolute Gasteiger partial charge is 0.482 e. The van der Waals surface area contributed by atoms with E-state index >= 15 is 0 Å². The first kappa shape index (κ1) is 18.3. The van der Waals surface area contributed by atoms with Crippen LogP contribution in [0, 0.1) is 0 Å². The summed E-state index contributed by atoms with van der Waals surface area (Å²) in [5, 5.41) is 17.4. The summed E-state index contributed by atoms with van der Waals surface area (Å²) in [4.78, 5) is 11.6. The number of aromatic carboxylic acids is 1. The van der Waals surface area contributed by atoms with Gasteiger partial charge in [0.15, 0.2) is 5.69 Å². The number of hydrogen-bond donors (Lipinski definition) is 2. The van der Waals surface area contributed by atoms with Gasteiger partial charge in [0.25, 0.3) is 0 Å². The number of carboxylic acids is 1. The lowest BCUT2D eigenvalue weighted by Gasteiger charge is -2.34. The molecule has 27 heavy (non-hydrogen) atoms. The zero-order valence-electron chi connectivity index (χ0n) is 14.2. The molecule has 3 aromatic rings. The highest BCUT2D eigenvalue weighted by Gasteiger charge is 2.40. The molecule has 0 spiro atoms. The second-order valence-corrected chi connectivity index (χ2v) is 8.36. The third kappa shape index (κ3) is 2.83. The molecule has 0 radical (unpaired) electrons. The Hall–Kier alpha value is -2.02. The van der Waals surface area contributed by atoms with Crippen molar-refractivity contribution in [1.29, 1.82) is 0 Å². The Labute approximate surface area is 173 Å². The lowest BCUT2D eigenvalue weighted by Crippen LogP contribution is -2.31. The van der Waals surface area contributed by atoms with Crippen molar-refractivity contribution in [2.75, 3.05) is 0 Å². The molecule has 2 heterocycles. The highest BCUT2D eigenvalue weighted by molar-refractivity contribution is 9.10. The first-order chi connectivity index (χ1) is 12.7. The lowest BCUT2D eigenvalue weighted by atomic mass is 9.87. The van der Waals surface area contributed by atoms with Gasteiger partial charge in [-0.1, -0.05) is 45.2 Å². The molecular formula is C19H13BrCl2N2O3. The van der Waals surface area contributed by atoms with E-state index in [2.05, 4.69) is 26.1 Å². The number of carbonyl (C=O) groups is 1. The molecule has 8 heteroatoms.